The third-order valence-electron chi connectivity index (χ3n) is 5.24. The van der Waals surface area contributed by atoms with Gasteiger partial charge < -0.3 is 10.1 Å². The van der Waals surface area contributed by atoms with Crippen LogP contribution in [0.2, 0.25) is 0 Å². The van der Waals surface area contributed by atoms with E-state index in [0.717, 1.165) is 22.4 Å². The second kappa shape index (κ2) is 10.8. The minimum absolute atomic E-state index is 0.00346. The molecule has 172 valence electrons. The maximum atomic E-state index is 12.3. The fourth-order valence-electron chi connectivity index (χ4n) is 3.33. The van der Waals surface area contributed by atoms with Gasteiger partial charge in [0, 0.05) is 16.9 Å². The molecule has 0 atom stereocenters. The standard InChI is InChI=1S/C26H24N4O3S/c1-18-10-9-15-22(19(18)2)27-23(31)16-33-24(32)17-34-26-29-28-25(20-11-5-3-6-12-20)30(26)21-13-7-4-8-14-21/h3-15H,16-17H2,1-2H3,(H,27,31). The van der Waals surface area contributed by atoms with Crippen LogP contribution in [-0.2, 0) is 14.3 Å². The Morgan fingerprint density at radius 3 is 2.35 bits per heavy atom. The highest BCUT2D eigenvalue weighted by molar-refractivity contribution is 7.99. The van der Waals surface area contributed by atoms with E-state index >= 15 is 0 Å². The molecular weight excluding hydrogens is 448 g/mol. The van der Waals surface area contributed by atoms with Crippen molar-refractivity contribution in [2.75, 3.05) is 17.7 Å². The van der Waals surface area contributed by atoms with Crippen molar-refractivity contribution in [3.8, 4) is 17.1 Å². The van der Waals surface area contributed by atoms with Crippen molar-refractivity contribution in [1.29, 1.82) is 0 Å². The van der Waals surface area contributed by atoms with Crippen LogP contribution in [0.3, 0.4) is 0 Å². The number of aromatic nitrogens is 3. The number of amides is 1. The number of carbonyl (C=O) groups excluding carboxylic acids is 2. The summed E-state index contributed by atoms with van der Waals surface area (Å²) in [5.74, 6) is -0.220. The van der Waals surface area contributed by atoms with E-state index in [0.29, 0.717) is 16.7 Å². The molecule has 0 aliphatic heterocycles. The summed E-state index contributed by atoms with van der Waals surface area (Å²) in [5.41, 5.74) is 4.56. The molecule has 0 aliphatic carbocycles. The van der Waals surface area contributed by atoms with Gasteiger partial charge in [0.1, 0.15) is 0 Å². The summed E-state index contributed by atoms with van der Waals surface area (Å²) in [6.45, 7) is 3.55. The van der Waals surface area contributed by atoms with Crippen LogP contribution in [0, 0.1) is 13.8 Å². The number of carbonyl (C=O) groups is 2. The van der Waals surface area contributed by atoms with Crippen LogP contribution in [-0.4, -0.2) is 39.0 Å². The van der Waals surface area contributed by atoms with Gasteiger partial charge in [0.2, 0.25) is 0 Å². The van der Waals surface area contributed by atoms with E-state index in [-0.39, 0.29) is 18.3 Å². The average molecular weight is 473 g/mol. The molecule has 0 bridgehead atoms. The van der Waals surface area contributed by atoms with E-state index in [4.69, 9.17) is 4.74 Å². The molecule has 0 aliphatic rings. The summed E-state index contributed by atoms with van der Waals surface area (Å²) in [6.07, 6.45) is 0. The first-order valence-electron chi connectivity index (χ1n) is 10.7. The van der Waals surface area contributed by atoms with Gasteiger partial charge in [0.05, 0.1) is 5.75 Å². The van der Waals surface area contributed by atoms with Crippen molar-refractivity contribution >= 4 is 29.3 Å². The van der Waals surface area contributed by atoms with Crippen LogP contribution in [0.1, 0.15) is 11.1 Å². The molecular formula is C26H24N4O3S. The molecule has 0 saturated carbocycles. The Balaban J connectivity index is 1.40. The van der Waals surface area contributed by atoms with Gasteiger partial charge >= 0.3 is 5.97 Å². The lowest BCUT2D eigenvalue weighted by molar-refractivity contribution is -0.144. The van der Waals surface area contributed by atoms with E-state index < -0.39 is 5.97 Å². The van der Waals surface area contributed by atoms with E-state index in [1.807, 2.05) is 97.3 Å². The van der Waals surface area contributed by atoms with Crippen LogP contribution < -0.4 is 5.32 Å². The number of benzene rings is 3. The monoisotopic (exact) mass is 472 g/mol. The lowest BCUT2D eigenvalue weighted by Crippen LogP contribution is -2.22. The van der Waals surface area contributed by atoms with Gasteiger partial charge in [-0.25, -0.2) is 0 Å². The number of aryl methyl sites for hydroxylation is 1. The highest BCUT2D eigenvalue weighted by atomic mass is 32.2. The Hall–Kier alpha value is -3.91. The molecule has 0 fully saturated rings. The number of para-hydroxylation sites is 1. The Labute approximate surface area is 202 Å². The van der Waals surface area contributed by atoms with Gasteiger partial charge in [-0.15, -0.1) is 10.2 Å². The summed E-state index contributed by atoms with van der Waals surface area (Å²) in [5, 5.41) is 12.0. The fraction of sp³-hybridized carbons (Fsp3) is 0.154. The first-order valence-corrected chi connectivity index (χ1v) is 11.7. The zero-order valence-electron chi connectivity index (χ0n) is 18.9. The first-order chi connectivity index (χ1) is 16.5. The topological polar surface area (TPSA) is 86.1 Å². The summed E-state index contributed by atoms with van der Waals surface area (Å²) < 4.78 is 7.08. The smallest absolute Gasteiger partial charge is 0.316 e. The van der Waals surface area contributed by atoms with Gasteiger partial charge in [-0.2, -0.15) is 0 Å². The summed E-state index contributed by atoms with van der Waals surface area (Å²) in [7, 11) is 0. The highest BCUT2D eigenvalue weighted by Crippen LogP contribution is 2.28. The van der Waals surface area contributed by atoms with Gasteiger partial charge in [0.15, 0.2) is 17.6 Å². The lowest BCUT2D eigenvalue weighted by atomic mass is 10.1. The largest absolute Gasteiger partial charge is 0.455 e. The predicted molar refractivity (Wildman–Crippen MR) is 133 cm³/mol. The van der Waals surface area contributed by atoms with E-state index in [1.54, 1.807) is 0 Å². The van der Waals surface area contributed by atoms with Crippen LogP contribution in [0.5, 0.6) is 0 Å². The first kappa shape index (κ1) is 23.3. The highest BCUT2D eigenvalue weighted by Gasteiger charge is 2.18. The van der Waals surface area contributed by atoms with Crippen molar-refractivity contribution in [3.63, 3.8) is 0 Å². The SMILES string of the molecule is Cc1cccc(NC(=O)COC(=O)CSc2nnc(-c3ccccc3)n2-c2ccccc2)c1C. The van der Waals surface area contributed by atoms with Gasteiger partial charge in [-0.3, -0.25) is 14.2 Å². The molecule has 8 heteroatoms. The van der Waals surface area contributed by atoms with Crippen molar-refractivity contribution in [3.05, 3.63) is 90.0 Å². The van der Waals surface area contributed by atoms with Crippen molar-refractivity contribution in [2.45, 2.75) is 19.0 Å². The zero-order valence-corrected chi connectivity index (χ0v) is 19.7. The number of hydrogen-bond acceptors (Lipinski definition) is 6. The van der Waals surface area contributed by atoms with Crippen molar-refractivity contribution in [1.82, 2.24) is 14.8 Å². The number of nitrogens with one attached hydrogen (secondary N) is 1. The Bertz CT molecular complexity index is 1290. The van der Waals surface area contributed by atoms with Crippen molar-refractivity contribution in [2.24, 2.45) is 0 Å². The van der Waals surface area contributed by atoms with Gasteiger partial charge in [-0.05, 0) is 43.2 Å². The molecule has 0 unspecified atom stereocenters. The summed E-state index contributed by atoms with van der Waals surface area (Å²) >= 11 is 1.21. The third kappa shape index (κ3) is 5.52. The maximum absolute atomic E-state index is 12.3. The van der Waals surface area contributed by atoms with Gasteiger partial charge in [0.25, 0.3) is 5.91 Å². The minimum Gasteiger partial charge on any atom is -0.455 e. The number of nitrogens with zero attached hydrogens (tertiary/aromatic N) is 3. The molecule has 4 aromatic rings. The molecule has 34 heavy (non-hydrogen) atoms. The Morgan fingerprint density at radius 1 is 0.912 bits per heavy atom. The molecule has 0 saturated heterocycles. The van der Waals surface area contributed by atoms with Crippen LogP contribution in [0.15, 0.2) is 84.0 Å². The molecule has 1 N–H and O–H groups in total. The average Bonchev–Trinajstić information content (AvgIpc) is 3.29. The number of esters is 1. The molecule has 0 radical (unpaired) electrons. The molecule has 1 aromatic heterocycles. The van der Waals surface area contributed by atoms with E-state index in [2.05, 4.69) is 15.5 Å². The van der Waals surface area contributed by atoms with Crippen molar-refractivity contribution < 1.29 is 14.3 Å². The van der Waals surface area contributed by atoms with E-state index in [9.17, 15) is 9.59 Å². The third-order valence-corrected chi connectivity index (χ3v) is 6.14. The second-order valence-electron chi connectivity index (χ2n) is 7.59. The summed E-state index contributed by atoms with van der Waals surface area (Å²) in [6, 6.07) is 25.1. The van der Waals surface area contributed by atoms with E-state index in [1.165, 1.54) is 11.8 Å². The Morgan fingerprint density at radius 2 is 1.62 bits per heavy atom. The van der Waals surface area contributed by atoms with Gasteiger partial charge in [-0.1, -0.05) is 72.4 Å². The molecule has 4 rings (SSSR count). The second-order valence-corrected chi connectivity index (χ2v) is 8.53. The quantitative estimate of drug-likeness (QED) is 0.292. The summed E-state index contributed by atoms with van der Waals surface area (Å²) in [4.78, 5) is 24.6. The molecule has 1 amide bonds. The fourth-order valence-corrected chi connectivity index (χ4v) is 4.08. The zero-order chi connectivity index (χ0) is 23.9. The van der Waals surface area contributed by atoms with Crippen LogP contribution in [0.4, 0.5) is 5.69 Å². The number of thioether (sulfide) groups is 1. The number of hydrogen-bond donors (Lipinski definition) is 1. The molecule has 1 heterocycles. The maximum Gasteiger partial charge on any atom is 0.316 e. The number of ether oxygens (including phenoxy) is 1. The molecule has 0 spiro atoms. The van der Waals surface area contributed by atoms with Crippen LogP contribution in [0.25, 0.3) is 17.1 Å². The predicted octanol–water partition coefficient (Wildman–Crippen LogP) is 4.83. The van der Waals surface area contributed by atoms with Crippen LogP contribution >= 0.6 is 11.8 Å². The minimum atomic E-state index is -0.509. The normalized spacial score (nSPS) is 10.6. The number of rotatable bonds is 8. The molecule has 3 aromatic carbocycles. The molecule has 7 nitrogen and oxygen atoms in total. The Kier molecular flexibility index (Phi) is 7.39. The number of anilines is 1. The lowest BCUT2D eigenvalue weighted by Gasteiger charge is -2.11.